The summed E-state index contributed by atoms with van der Waals surface area (Å²) in [4.78, 5) is 16.4. The van der Waals surface area contributed by atoms with Gasteiger partial charge in [-0.2, -0.15) is 5.10 Å². The predicted molar refractivity (Wildman–Crippen MR) is 109 cm³/mol. The van der Waals surface area contributed by atoms with Gasteiger partial charge in [0.2, 0.25) is 5.88 Å². The van der Waals surface area contributed by atoms with E-state index in [4.69, 9.17) is 25.8 Å². The number of halogens is 1. The van der Waals surface area contributed by atoms with Gasteiger partial charge in [-0.05, 0) is 30.2 Å². The molecule has 0 saturated heterocycles. The Labute approximate surface area is 173 Å². The summed E-state index contributed by atoms with van der Waals surface area (Å²) in [5.41, 5.74) is 2.01. The van der Waals surface area contributed by atoms with Crippen LogP contribution in [0, 0.1) is 0 Å². The van der Waals surface area contributed by atoms with Crippen molar-refractivity contribution in [2.75, 3.05) is 26.6 Å². The van der Waals surface area contributed by atoms with Crippen LogP contribution in [-0.2, 0) is 13.0 Å². The molecule has 0 fully saturated rings. The Morgan fingerprint density at radius 2 is 1.90 bits per heavy atom. The molecular formula is C20H21ClN4O4. The van der Waals surface area contributed by atoms with Gasteiger partial charge < -0.3 is 19.5 Å². The van der Waals surface area contributed by atoms with E-state index in [-0.39, 0.29) is 16.9 Å². The average molecular weight is 417 g/mol. The molecule has 9 heteroatoms. The Morgan fingerprint density at radius 3 is 2.62 bits per heavy atom. The molecule has 1 aromatic carbocycles. The number of hydrogen-bond donors (Lipinski definition) is 1. The molecule has 3 aromatic rings. The van der Waals surface area contributed by atoms with Gasteiger partial charge in [-0.25, -0.2) is 4.98 Å². The minimum absolute atomic E-state index is 0.181. The molecule has 8 nitrogen and oxygen atoms in total. The number of nitrogens with one attached hydrogen (secondary N) is 1. The lowest BCUT2D eigenvalue weighted by Crippen LogP contribution is -2.12. The summed E-state index contributed by atoms with van der Waals surface area (Å²) in [5.74, 6) is 1.32. The minimum Gasteiger partial charge on any atom is -0.493 e. The van der Waals surface area contributed by atoms with Crippen molar-refractivity contribution in [3.05, 3.63) is 59.0 Å². The average Bonchev–Trinajstić information content (AvgIpc) is 3.18. The molecule has 3 rings (SSSR count). The number of methoxy groups -OCH3 is 3. The number of ether oxygens (including phenoxy) is 3. The van der Waals surface area contributed by atoms with Crippen LogP contribution in [-0.4, -0.2) is 42.0 Å². The summed E-state index contributed by atoms with van der Waals surface area (Å²) >= 11 is 5.92. The van der Waals surface area contributed by atoms with Gasteiger partial charge in [0, 0.05) is 24.4 Å². The summed E-state index contributed by atoms with van der Waals surface area (Å²) in [6.45, 7) is 0.639. The van der Waals surface area contributed by atoms with Crippen LogP contribution in [0.3, 0.4) is 0 Å². The van der Waals surface area contributed by atoms with Crippen molar-refractivity contribution in [3.63, 3.8) is 0 Å². The van der Waals surface area contributed by atoms with E-state index in [9.17, 15) is 4.79 Å². The van der Waals surface area contributed by atoms with Crippen molar-refractivity contribution >= 4 is 23.2 Å². The molecular weight excluding hydrogens is 396 g/mol. The highest BCUT2D eigenvalue weighted by atomic mass is 35.5. The van der Waals surface area contributed by atoms with Crippen molar-refractivity contribution < 1.29 is 19.0 Å². The van der Waals surface area contributed by atoms with Gasteiger partial charge in [0.1, 0.15) is 5.15 Å². The van der Waals surface area contributed by atoms with E-state index in [0.29, 0.717) is 29.3 Å². The molecule has 0 bridgehead atoms. The molecule has 0 aliphatic rings. The normalized spacial score (nSPS) is 10.5. The Hall–Kier alpha value is -3.26. The van der Waals surface area contributed by atoms with E-state index in [2.05, 4.69) is 15.4 Å². The molecule has 2 heterocycles. The fraction of sp³-hybridized carbons (Fsp3) is 0.250. The molecule has 0 spiro atoms. The highest BCUT2D eigenvalue weighted by Crippen LogP contribution is 2.27. The Kier molecular flexibility index (Phi) is 6.56. The zero-order valence-corrected chi connectivity index (χ0v) is 17.1. The number of aryl methyl sites for hydroxylation is 2. The molecule has 0 saturated carbocycles. The molecule has 29 heavy (non-hydrogen) atoms. The van der Waals surface area contributed by atoms with E-state index in [1.165, 1.54) is 19.2 Å². The second-order valence-electron chi connectivity index (χ2n) is 6.11. The van der Waals surface area contributed by atoms with Crippen LogP contribution in [0.1, 0.15) is 15.9 Å². The van der Waals surface area contributed by atoms with Crippen LogP contribution in [0.15, 0.2) is 42.7 Å². The van der Waals surface area contributed by atoms with Crippen molar-refractivity contribution in [1.82, 2.24) is 14.8 Å². The second kappa shape index (κ2) is 9.29. The largest absolute Gasteiger partial charge is 0.493 e. The van der Waals surface area contributed by atoms with Crippen LogP contribution in [0.2, 0.25) is 5.15 Å². The van der Waals surface area contributed by atoms with Crippen molar-refractivity contribution in [2.45, 2.75) is 13.0 Å². The van der Waals surface area contributed by atoms with Gasteiger partial charge in [-0.3, -0.25) is 9.48 Å². The van der Waals surface area contributed by atoms with Crippen LogP contribution < -0.4 is 19.5 Å². The second-order valence-corrected chi connectivity index (χ2v) is 6.49. The lowest BCUT2D eigenvalue weighted by atomic mass is 10.1. The van der Waals surface area contributed by atoms with E-state index < -0.39 is 0 Å². The highest BCUT2D eigenvalue weighted by molar-refractivity contribution is 6.30. The Balaban J connectivity index is 1.62. The standard InChI is InChI=1S/C20H21ClN4O4/c1-27-16-5-4-13(8-17(16)28-2)6-7-25-12-15(11-22-25)23-20(26)14-9-18(21)24-19(10-14)29-3/h4-5,8-12H,6-7H2,1-3H3,(H,23,26). The molecule has 0 aliphatic heterocycles. The number of aromatic nitrogens is 3. The summed E-state index contributed by atoms with van der Waals surface area (Å²) < 4.78 is 17.4. The molecule has 1 N–H and O–H groups in total. The van der Waals surface area contributed by atoms with Crippen molar-refractivity contribution in [2.24, 2.45) is 0 Å². The third-order valence-corrected chi connectivity index (χ3v) is 4.40. The fourth-order valence-corrected chi connectivity index (χ4v) is 2.94. The third kappa shape index (κ3) is 5.17. The van der Waals surface area contributed by atoms with Crippen LogP contribution in [0.25, 0.3) is 0 Å². The highest BCUT2D eigenvalue weighted by Gasteiger charge is 2.11. The number of rotatable bonds is 8. The lowest BCUT2D eigenvalue weighted by Gasteiger charge is -2.09. The first-order chi connectivity index (χ1) is 14.0. The molecule has 0 radical (unpaired) electrons. The monoisotopic (exact) mass is 416 g/mol. The maximum atomic E-state index is 12.4. The summed E-state index contributed by atoms with van der Waals surface area (Å²) in [6, 6.07) is 8.78. The number of carbonyl (C=O) groups is 1. The smallest absolute Gasteiger partial charge is 0.256 e. The first-order valence-corrected chi connectivity index (χ1v) is 9.16. The van der Waals surface area contributed by atoms with Gasteiger partial charge in [0.25, 0.3) is 5.91 Å². The van der Waals surface area contributed by atoms with E-state index in [1.807, 2.05) is 18.2 Å². The topological polar surface area (TPSA) is 87.5 Å². The first-order valence-electron chi connectivity index (χ1n) is 8.78. The van der Waals surface area contributed by atoms with Crippen LogP contribution in [0.4, 0.5) is 5.69 Å². The number of benzene rings is 1. The van der Waals surface area contributed by atoms with Gasteiger partial charge >= 0.3 is 0 Å². The maximum Gasteiger partial charge on any atom is 0.256 e. The molecule has 0 atom stereocenters. The van der Waals surface area contributed by atoms with E-state index in [1.54, 1.807) is 31.3 Å². The van der Waals surface area contributed by atoms with Gasteiger partial charge in [0.05, 0.1) is 33.2 Å². The summed E-state index contributed by atoms with van der Waals surface area (Å²) in [5, 5.41) is 7.26. The summed E-state index contributed by atoms with van der Waals surface area (Å²) in [6.07, 6.45) is 4.10. The quantitative estimate of drug-likeness (QED) is 0.566. The zero-order chi connectivity index (χ0) is 20.8. The predicted octanol–water partition coefficient (Wildman–Crippen LogP) is 3.45. The number of nitrogens with zero attached hydrogens (tertiary/aromatic N) is 3. The Bertz CT molecular complexity index is 1010. The van der Waals surface area contributed by atoms with Crippen LogP contribution in [0.5, 0.6) is 17.4 Å². The molecule has 2 aromatic heterocycles. The fourth-order valence-electron chi connectivity index (χ4n) is 2.74. The molecule has 0 unspecified atom stereocenters. The summed E-state index contributed by atoms with van der Waals surface area (Å²) in [7, 11) is 4.67. The Morgan fingerprint density at radius 1 is 1.10 bits per heavy atom. The van der Waals surface area contributed by atoms with Crippen LogP contribution >= 0.6 is 11.6 Å². The number of hydrogen-bond acceptors (Lipinski definition) is 6. The molecule has 1 amide bonds. The number of pyridine rings is 1. The SMILES string of the molecule is COc1cc(C(=O)Nc2cnn(CCc3ccc(OC)c(OC)c3)c2)cc(Cl)n1. The molecule has 0 aliphatic carbocycles. The maximum absolute atomic E-state index is 12.4. The van der Waals surface area contributed by atoms with E-state index in [0.717, 1.165) is 12.0 Å². The minimum atomic E-state index is -0.327. The zero-order valence-electron chi connectivity index (χ0n) is 16.3. The van der Waals surface area contributed by atoms with Gasteiger partial charge in [-0.1, -0.05) is 17.7 Å². The van der Waals surface area contributed by atoms with Crippen molar-refractivity contribution in [1.29, 1.82) is 0 Å². The number of anilines is 1. The first kappa shape index (κ1) is 20.5. The number of carbonyl (C=O) groups excluding carboxylic acids is 1. The lowest BCUT2D eigenvalue weighted by molar-refractivity contribution is 0.102. The number of amides is 1. The third-order valence-electron chi connectivity index (χ3n) is 4.21. The molecule has 152 valence electrons. The van der Waals surface area contributed by atoms with Crippen molar-refractivity contribution in [3.8, 4) is 17.4 Å². The van der Waals surface area contributed by atoms with E-state index >= 15 is 0 Å². The van der Waals surface area contributed by atoms with Gasteiger partial charge in [0.15, 0.2) is 11.5 Å². The van der Waals surface area contributed by atoms with Gasteiger partial charge in [-0.15, -0.1) is 0 Å².